The minimum atomic E-state index is -4.03. The number of hydrogen-bond donors (Lipinski definition) is 3. The second-order valence-corrected chi connectivity index (χ2v) is 3.53. The quantitative estimate of drug-likeness (QED) is 0.479. The molecule has 0 saturated carbocycles. The van der Waals surface area contributed by atoms with Crippen LogP contribution in [0.3, 0.4) is 0 Å². The molecule has 0 spiro atoms. The Labute approximate surface area is 58.4 Å². The van der Waals surface area contributed by atoms with Crippen molar-refractivity contribution in [1.29, 1.82) is 0 Å². The van der Waals surface area contributed by atoms with Gasteiger partial charge in [0.2, 0.25) is 0 Å². The van der Waals surface area contributed by atoms with Crippen molar-refractivity contribution in [2.24, 2.45) is 0 Å². The molecule has 0 bridgehead atoms. The number of nitrogens with one attached hydrogen (secondary N) is 1. The SMILES string of the molecule is O=P(O)(O)C1=CNCC=C1. The molecule has 1 aliphatic rings. The number of allylic oxidation sites excluding steroid dienone is 2. The predicted molar refractivity (Wildman–Crippen MR) is 37.3 cm³/mol. The summed E-state index contributed by atoms with van der Waals surface area (Å²) in [5, 5.41) is 2.74. The Balaban J connectivity index is 2.83. The molecule has 0 aromatic heterocycles. The van der Waals surface area contributed by atoms with E-state index in [0.29, 0.717) is 6.54 Å². The maximum absolute atomic E-state index is 10.5. The molecular weight excluding hydrogens is 153 g/mol. The van der Waals surface area contributed by atoms with Gasteiger partial charge in [0.05, 0.1) is 5.31 Å². The average molecular weight is 161 g/mol. The van der Waals surface area contributed by atoms with Crippen molar-refractivity contribution in [2.45, 2.75) is 0 Å². The van der Waals surface area contributed by atoms with Crippen LogP contribution in [0.4, 0.5) is 0 Å². The first-order chi connectivity index (χ1) is 4.61. The molecule has 10 heavy (non-hydrogen) atoms. The molecule has 0 aliphatic carbocycles. The highest BCUT2D eigenvalue weighted by Crippen LogP contribution is 2.45. The third-order valence-electron chi connectivity index (χ3n) is 1.11. The number of rotatable bonds is 1. The molecule has 0 saturated heterocycles. The van der Waals surface area contributed by atoms with E-state index in [1.807, 2.05) is 0 Å². The van der Waals surface area contributed by atoms with Gasteiger partial charge in [0.25, 0.3) is 0 Å². The fourth-order valence-electron chi connectivity index (χ4n) is 0.641. The van der Waals surface area contributed by atoms with Crippen molar-refractivity contribution in [3.8, 4) is 0 Å². The highest BCUT2D eigenvalue weighted by atomic mass is 31.2. The van der Waals surface area contributed by atoms with Gasteiger partial charge < -0.3 is 15.1 Å². The summed E-state index contributed by atoms with van der Waals surface area (Å²) in [5.41, 5.74) is 0. The van der Waals surface area contributed by atoms with Gasteiger partial charge in [-0.25, -0.2) is 0 Å². The van der Waals surface area contributed by atoms with Gasteiger partial charge in [0.15, 0.2) is 0 Å². The van der Waals surface area contributed by atoms with E-state index < -0.39 is 7.60 Å². The lowest BCUT2D eigenvalue weighted by Gasteiger charge is -2.08. The summed E-state index contributed by atoms with van der Waals surface area (Å²) in [6.07, 6.45) is 4.42. The molecular formula is C5H8NO3P. The summed E-state index contributed by atoms with van der Waals surface area (Å²) in [6.45, 7) is 0.628. The summed E-state index contributed by atoms with van der Waals surface area (Å²) in [4.78, 5) is 17.2. The summed E-state index contributed by atoms with van der Waals surface area (Å²) in [7, 11) is -4.03. The zero-order chi connectivity index (χ0) is 7.61. The smallest absolute Gasteiger partial charge is 0.357 e. The fourth-order valence-corrected chi connectivity index (χ4v) is 1.20. The van der Waals surface area contributed by atoms with Crippen molar-refractivity contribution < 1.29 is 14.4 Å². The molecule has 0 atom stereocenters. The minimum Gasteiger partial charge on any atom is -0.387 e. The van der Waals surface area contributed by atoms with Crippen LogP contribution in [0.25, 0.3) is 0 Å². The first-order valence-electron chi connectivity index (χ1n) is 2.77. The summed E-state index contributed by atoms with van der Waals surface area (Å²) < 4.78 is 10.5. The maximum Gasteiger partial charge on any atom is 0.357 e. The van der Waals surface area contributed by atoms with E-state index >= 15 is 0 Å². The van der Waals surface area contributed by atoms with Crippen LogP contribution in [0.2, 0.25) is 0 Å². The Morgan fingerprint density at radius 1 is 1.60 bits per heavy atom. The highest BCUT2D eigenvalue weighted by Gasteiger charge is 2.18. The van der Waals surface area contributed by atoms with E-state index in [0.717, 1.165) is 0 Å². The van der Waals surface area contributed by atoms with Gasteiger partial charge in [-0.3, -0.25) is 4.57 Å². The zero-order valence-electron chi connectivity index (χ0n) is 5.19. The third-order valence-corrected chi connectivity index (χ3v) is 2.06. The van der Waals surface area contributed by atoms with Crippen molar-refractivity contribution in [1.82, 2.24) is 5.32 Å². The Bertz CT molecular complexity index is 227. The molecule has 0 aromatic carbocycles. The van der Waals surface area contributed by atoms with E-state index in [-0.39, 0.29) is 5.31 Å². The summed E-state index contributed by atoms with van der Waals surface area (Å²) in [5.74, 6) is 0. The Hall–Kier alpha value is -0.570. The standard InChI is InChI=1S/C5H8NO3P/c7-10(8,9)5-2-1-3-6-4-5/h1-2,4,6H,3H2,(H2,7,8,9). The van der Waals surface area contributed by atoms with Crippen LogP contribution in [-0.4, -0.2) is 16.3 Å². The van der Waals surface area contributed by atoms with Crippen LogP contribution in [0.1, 0.15) is 0 Å². The molecule has 0 amide bonds. The monoisotopic (exact) mass is 161 g/mol. The first-order valence-corrected chi connectivity index (χ1v) is 4.38. The zero-order valence-corrected chi connectivity index (χ0v) is 6.08. The second kappa shape index (κ2) is 2.58. The van der Waals surface area contributed by atoms with Gasteiger partial charge in [-0.05, 0) is 6.08 Å². The Kier molecular flexibility index (Phi) is 1.94. The van der Waals surface area contributed by atoms with Crippen LogP contribution >= 0.6 is 7.60 Å². The maximum atomic E-state index is 10.5. The second-order valence-electron chi connectivity index (χ2n) is 1.92. The van der Waals surface area contributed by atoms with Crippen molar-refractivity contribution >= 4 is 7.60 Å². The van der Waals surface area contributed by atoms with E-state index in [4.69, 9.17) is 9.79 Å². The van der Waals surface area contributed by atoms with Gasteiger partial charge in [-0.2, -0.15) is 0 Å². The van der Waals surface area contributed by atoms with Crippen LogP contribution in [-0.2, 0) is 4.57 Å². The van der Waals surface area contributed by atoms with E-state index in [1.165, 1.54) is 12.3 Å². The van der Waals surface area contributed by atoms with Crippen molar-refractivity contribution in [3.63, 3.8) is 0 Å². The normalized spacial score (nSPS) is 18.0. The Morgan fingerprint density at radius 2 is 2.30 bits per heavy atom. The molecule has 1 aliphatic heterocycles. The molecule has 0 radical (unpaired) electrons. The third kappa shape index (κ3) is 1.70. The molecule has 56 valence electrons. The van der Waals surface area contributed by atoms with Gasteiger partial charge in [0.1, 0.15) is 0 Å². The molecule has 5 heteroatoms. The van der Waals surface area contributed by atoms with Gasteiger partial charge in [0, 0.05) is 12.7 Å². The largest absolute Gasteiger partial charge is 0.387 e. The minimum absolute atomic E-state index is 0.0405. The molecule has 1 heterocycles. The van der Waals surface area contributed by atoms with Gasteiger partial charge in [-0.1, -0.05) is 6.08 Å². The summed E-state index contributed by atoms with van der Waals surface area (Å²) >= 11 is 0. The fraction of sp³-hybridized carbons (Fsp3) is 0.200. The Morgan fingerprint density at radius 3 is 2.60 bits per heavy atom. The molecule has 0 aromatic rings. The first kappa shape index (κ1) is 7.54. The molecule has 1 rings (SSSR count). The van der Waals surface area contributed by atoms with Gasteiger partial charge in [-0.15, -0.1) is 0 Å². The lowest BCUT2D eigenvalue weighted by molar-refractivity contribution is 0.383. The van der Waals surface area contributed by atoms with Crippen LogP contribution in [0, 0.1) is 0 Å². The molecule has 3 N–H and O–H groups in total. The van der Waals surface area contributed by atoms with Crippen LogP contribution in [0.15, 0.2) is 23.7 Å². The average Bonchev–Trinajstić information content (AvgIpc) is 1.88. The summed E-state index contributed by atoms with van der Waals surface area (Å²) in [6, 6.07) is 0. The highest BCUT2D eigenvalue weighted by molar-refractivity contribution is 7.56. The predicted octanol–water partition coefficient (Wildman–Crippen LogP) is 0.165. The van der Waals surface area contributed by atoms with E-state index in [9.17, 15) is 4.57 Å². The van der Waals surface area contributed by atoms with Crippen LogP contribution < -0.4 is 5.32 Å². The lowest BCUT2D eigenvalue weighted by atomic mass is 10.4. The molecule has 0 unspecified atom stereocenters. The number of dihydropyridines is 1. The number of hydrogen-bond acceptors (Lipinski definition) is 2. The van der Waals surface area contributed by atoms with Crippen molar-refractivity contribution in [3.05, 3.63) is 23.7 Å². The molecule has 4 nitrogen and oxygen atoms in total. The van der Waals surface area contributed by atoms with Crippen molar-refractivity contribution in [2.75, 3.05) is 6.54 Å². The lowest BCUT2D eigenvalue weighted by Crippen LogP contribution is -2.09. The van der Waals surface area contributed by atoms with E-state index in [2.05, 4.69) is 5.32 Å². The van der Waals surface area contributed by atoms with Gasteiger partial charge >= 0.3 is 7.60 Å². The molecule has 0 fully saturated rings. The van der Waals surface area contributed by atoms with Crippen LogP contribution in [0.5, 0.6) is 0 Å². The van der Waals surface area contributed by atoms with E-state index in [1.54, 1.807) is 6.08 Å². The topological polar surface area (TPSA) is 69.6 Å².